The van der Waals surface area contributed by atoms with Crippen LogP contribution in [0.5, 0.6) is 0 Å². The number of carbonyl (C=O) groups excluding carboxylic acids is 2. The summed E-state index contributed by atoms with van der Waals surface area (Å²) >= 11 is 0. The molecule has 0 radical (unpaired) electrons. The Labute approximate surface area is 131 Å². The Kier molecular flexibility index (Phi) is 5.40. The lowest BCUT2D eigenvalue weighted by atomic mass is 10.0. The van der Waals surface area contributed by atoms with Crippen molar-refractivity contribution in [1.82, 2.24) is 5.32 Å². The van der Waals surface area contributed by atoms with Gasteiger partial charge in [0.15, 0.2) is 0 Å². The highest BCUT2D eigenvalue weighted by atomic mass is 16.6. The number of piperidine rings is 1. The molecule has 2 rings (SSSR count). The summed E-state index contributed by atoms with van der Waals surface area (Å²) in [6.45, 7) is 7.15. The minimum absolute atomic E-state index is 0.0658. The monoisotopic (exact) mass is 307 g/mol. The van der Waals surface area contributed by atoms with Crippen LogP contribution in [0.25, 0.3) is 0 Å². The van der Waals surface area contributed by atoms with Crippen molar-refractivity contribution in [3.63, 3.8) is 0 Å². The second-order valence-electron chi connectivity index (χ2n) is 6.09. The van der Waals surface area contributed by atoms with Crippen molar-refractivity contribution in [2.75, 3.05) is 0 Å². The third-order valence-corrected chi connectivity index (χ3v) is 4.52. The normalized spacial score (nSPS) is 31.8. The molecular weight excluding hydrogens is 282 g/mol. The summed E-state index contributed by atoms with van der Waals surface area (Å²) in [5.41, 5.74) is 1.24. The molecule has 0 amide bonds. The molecule has 4 unspecified atom stereocenters. The number of allylic oxidation sites excluding steroid dienone is 2. The van der Waals surface area contributed by atoms with Gasteiger partial charge in [0.2, 0.25) is 0 Å². The third-order valence-electron chi connectivity index (χ3n) is 4.52. The molecule has 5 heteroatoms. The summed E-state index contributed by atoms with van der Waals surface area (Å²) < 4.78 is 11.1. The van der Waals surface area contributed by atoms with Crippen molar-refractivity contribution in [2.45, 2.75) is 71.2 Å². The van der Waals surface area contributed by atoms with E-state index in [0.29, 0.717) is 17.6 Å². The zero-order chi connectivity index (χ0) is 16.3. The first kappa shape index (κ1) is 16.7. The first-order valence-corrected chi connectivity index (χ1v) is 7.88. The topological polar surface area (TPSA) is 64.6 Å². The van der Waals surface area contributed by atoms with Crippen molar-refractivity contribution >= 4 is 11.9 Å². The second kappa shape index (κ2) is 7.09. The van der Waals surface area contributed by atoms with Crippen molar-refractivity contribution in [3.8, 4) is 0 Å². The molecule has 4 atom stereocenters. The lowest BCUT2D eigenvalue weighted by Crippen LogP contribution is -2.45. The van der Waals surface area contributed by atoms with E-state index in [9.17, 15) is 9.59 Å². The predicted octanol–water partition coefficient (Wildman–Crippen LogP) is 2.27. The first-order valence-electron chi connectivity index (χ1n) is 7.88. The Morgan fingerprint density at radius 2 is 1.55 bits per heavy atom. The number of ether oxygens (including phenoxy) is 2. The smallest absolute Gasteiger partial charge is 0.333 e. The molecule has 122 valence electrons. The molecule has 22 heavy (non-hydrogen) atoms. The van der Waals surface area contributed by atoms with E-state index in [0.717, 1.165) is 12.8 Å². The number of carbonyl (C=O) groups is 2. The molecule has 0 aliphatic carbocycles. The van der Waals surface area contributed by atoms with E-state index in [1.165, 1.54) is 0 Å². The maximum atomic E-state index is 11.9. The quantitative estimate of drug-likeness (QED) is 0.637. The molecule has 2 fully saturated rings. The Morgan fingerprint density at radius 1 is 0.955 bits per heavy atom. The summed E-state index contributed by atoms with van der Waals surface area (Å²) in [6.07, 6.45) is 5.50. The minimum Gasteiger partial charge on any atom is -0.459 e. The van der Waals surface area contributed by atoms with E-state index in [-0.39, 0.29) is 36.2 Å². The number of nitrogens with one attached hydrogen (secondary N) is 1. The maximum Gasteiger partial charge on any atom is 0.333 e. The van der Waals surface area contributed by atoms with Gasteiger partial charge in [-0.25, -0.2) is 9.59 Å². The van der Waals surface area contributed by atoms with Gasteiger partial charge in [-0.05, 0) is 34.1 Å². The van der Waals surface area contributed by atoms with Gasteiger partial charge >= 0.3 is 11.9 Å². The van der Waals surface area contributed by atoms with Crippen molar-refractivity contribution in [2.24, 2.45) is 0 Å². The molecule has 2 aliphatic heterocycles. The fourth-order valence-corrected chi connectivity index (χ4v) is 2.94. The van der Waals surface area contributed by atoms with Gasteiger partial charge in [0.1, 0.15) is 12.2 Å². The van der Waals surface area contributed by atoms with Gasteiger partial charge in [-0.3, -0.25) is 0 Å². The lowest BCUT2D eigenvalue weighted by molar-refractivity contribution is -0.148. The van der Waals surface area contributed by atoms with Crippen molar-refractivity contribution < 1.29 is 19.1 Å². The van der Waals surface area contributed by atoms with Crippen LogP contribution in [0.4, 0.5) is 0 Å². The largest absolute Gasteiger partial charge is 0.459 e. The molecule has 1 N–H and O–H groups in total. The van der Waals surface area contributed by atoms with Crippen LogP contribution in [-0.4, -0.2) is 36.2 Å². The molecule has 2 bridgehead atoms. The average Bonchev–Trinajstić information content (AvgIpc) is 2.79. The van der Waals surface area contributed by atoms with E-state index in [2.05, 4.69) is 5.32 Å². The van der Waals surface area contributed by atoms with Gasteiger partial charge in [0, 0.05) is 36.1 Å². The zero-order valence-corrected chi connectivity index (χ0v) is 13.7. The Hall–Kier alpha value is -1.62. The van der Waals surface area contributed by atoms with Gasteiger partial charge in [0.05, 0.1) is 0 Å². The van der Waals surface area contributed by atoms with Gasteiger partial charge in [-0.1, -0.05) is 12.2 Å². The Balaban J connectivity index is 1.92. The minimum atomic E-state index is -0.264. The van der Waals surface area contributed by atoms with Crippen LogP contribution in [-0.2, 0) is 19.1 Å². The number of esters is 2. The van der Waals surface area contributed by atoms with E-state index < -0.39 is 0 Å². The van der Waals surface area contributed by atoms with E-state index in [1.807, 2.05) is 13.8 Å². The average molecular weight is 307 g/mol. The molecule has 0 aromatic carbocycles. The number of hydrogen-bond acceptors (Lipinski definition) is 5. The molecule has 5 nitrogen and oxygen atoms in total. The molecule has 0 saturated carbocycles. The van der Waals surface area contributed by atoms with Crippen LogP contribution in [0.15, 0.2) is 23.3 Å². The summed E-state index contributed by atoms with van der Waals surface area (Å²) in [6, 6.07) is 0.308. The van der Waals surface area contributed by atoms with Crippen LogP contribution in [0.2, 0.25) is 0 Å². The molecule has 0 spiro atoms. The fraction of sp³-hybridized carbons (Fsp3) is 0.647. The molecular formula is C17H25NO4. The first-order chi connectivity index (χ1) is 10.4. The number of hydrogen-bond donors (Lipinski definition) is 1. The van der Waals surface area contributed by atoms with Crippen LogP contribution in [0, 0.1) is 0 Å². The highest BCUT2D eigenvalue weighted by molar-refractivity contribution is 5.88. The van der Waals surface area contributed by atoms with Gasteiger partial charge in [-0.15, -0.1) is 0 Å². The Bertz CT molecular complexity index is 507. The molecule has 2 saturated heterocycles. The highest BCUT2D eigenvalue weighted by Crippen LogP contribution is 2.31. The highest BCUT2D eigenvalue weighted by Gasteiger charge is 2.43. The zero-order valence-electron chi connectivity index (χ0n) is 13.7. The Morgan fingerprint density at radius 3 is 2.14 bits per heavy atom. The number of fused-ring (bicyclic) bond motifs is 2. The van der Waals surface area contributed by atoms with E-state index >= 15 is 0 Å². The summed E-state index contributed by atoms with van der Waals surface area (Å²) in [5, 5.41) is 3.45. The SMILES string of the molecule is CC=C(C)C(=O)OC1CC2CC(OC(=O)C(C)=CC)C(C1)N2. The molecule has 2 heterocycles. The predicted molar refractivity (Wildman–Crippen MR) is 83.2 cm³/mol. The summed E-state index contributed by atoms with van der Waals surface area (Å²) in [7, 11) is 0. The standard InChI is InChI=1S/C17H25NO4/c1-5-10(3)16(19)21-13-7-12-8-15(14(9-13)18-12)22-17(20)11(4)6-2/h5-6,12-15,18H,7-9H2,1-4H3. The van der Waals surface area contributed by atoms with Crippen LogP contribution >= 0.6 is 0 Å². The van der Waals surface area contributed by atoms with E-state index in [1.54, 1.807) is 26.0 Å². The van der Waals surface area contributed by atoms with Crippen molar-refractivity contribution in [3.05, 3.63) is 23.3 Å². The fourth-order valence-electron chi connectivity index (χ4n) is 2.94. The van der Waals surface area contributed by atoms with Crippen molar-refractivity contribution in [1.29, 1.82) is 0 Å². The lowest BCUT2D eigenvalue weighted by Gasteiger charge is -2.29. The molecule has 0 aromatic rings. The van der Waals surface area contributed by atoms with Gasteiger partial charge in [-0.2, -0.15) is 0 Å². The van der Waals surface area contributed by atoms with Crippen LogP contribution in [0.3, 0.4) is 0 Å². The van der Waals surface area contributed by atoms with Gasteiger partial charge < -0.3 is 14.8 Å². The summed E-state index contributed by atoms with van der Waals surface area (Å²) in [5.74, 6) is -0.521. The summed E-state index contributed by atoms with van der Waals surface area (Å²) in [4.78, 5) is 23.8. The number of rotatable bonds is 4. The van der Waals surface area contributed by atoms with Crippen LogP contribution in [0.1, 0.15) is 47.0 Å². The molecule has 2 aliphatic rings. The molecule has 0 aromatic heterocycles. The van der Waals surface area contributed by atoms with Crippen LogP contribution < -0.4 is 5.32 Å². The van der Waals surface area contributed by atoms with Gasteiger partial charge in [0.25, 0.3) is 0 Å². The second-order valence-corrected chi connectivity index (χ2v) is 6.09. The maximum absolute atomic E-state index is 11.9. The van der Waals surface area contributed by atoms with E-state index in [4.69, 9.17) is 9.47 Å². The third kappa shape index (κ3) is 3.77.